The molecule has 0 heterocycles. The normalized spacial score (nSPS) is 10.3. The predicted octanol–water partition coefficient (Wildman–Crippen LogP) is 0.276. The Bertz CT molecular complexity index is 394. The molecule has 0 bridgehead atoms. The number of anilines is 1. The van der Waals surface area contributed by atoms with Crippen molar-refractivity contribution >= 4 is 17.3 Å². The van der Waals surface area contributed by atoms with Gasteiger partial charge in [0.25, 0.3) is 11.6 Å². The summed E-state index contributed by atoms with van der Waals surface area (Å²) in [6.07, 6.45) is 0. The smallest absolute Gasteiger partial charge is 0.270 e. The molecule has 0 aliphatic heterocycles. The van der Waals surface area contributed by atoms with E-state index in [2.05, 4.69) is 0 Å². The van der Waals surface area contributed by atoms with Crippen LogP contribution in [0.15, 0.2) is 18.2 Å². The Morgan fingerprint density at radius 1 is 1.62 bits per heavy atom. The zero-order chi connectivity index (χ0) is 10.7. The summed E-state index contributed by atoms with van der Waals surface area (Å²) in [5.74, 6) is -0.772. The molecular weight excluding hydrogens is 174 g/mol. The second-order valence-corrected chi connectivity index (χ2v) is 2.36. The van der Waals surface area contributed by atoms with Crippen molar-refractivity contribution in [2.24, 2.45) is 5.73 Å². The van der Waals surface area contributed by atoms with Crippen molar-refractivity contribution in [3.8, 4) is 0 Å². The third-order valence-corrected chi connectivity index (χ3v) is 1.49. The summed E-state index contributed by atoms with van der Waals surface area (Å²) >= 11 is 0. The van der Waals surface area contributed by atoms with E-state index in [1.54, 1.807) is 5.73 Å². The number of nitro benzene ring substituents is 1. The Kier molecular flexibility index (Phi) is 1.79. The van der Waals surface area contributed by atoms with Crippen LogP contribution in [-0.2, 0) is 0 Å². The third kappa shape index (κ3) is 1.73. The highest BCUT2D eigenvalue weighted by Gasteiger charge is 2.12. The highest BCUT2D eigenvalue weighted by Crippen LogP contribution is 2.18. The molecule has 1 rings (SSSR count). The van der Waals surface area contributed by atoms with Crippen LogP contribution in [0.2, 0.25) is 1.41 Å². The summed E-state index contributed by atoms with van der Waals surface area (Å²) < 4.78 is 6.60. The number of rotatable bonds is 2. The van der Waals surface area contributed by atoms with Gasteiger partial charge in [-0.15, -0.1) is 0 Å². The quantitative estimate of drug-likeness (QED) is 0.388. The first-order valence-electron chi connectivity index (χ1n) is 3.82. The van der Waals surface area contributed by atoms with E-state index in [0.717, 1.165) is 6.07 Å². The molecule has 6 nitrogen and oxygen atoms in total. The summed E-state index contributed by atoms with van der Waals surface area (Å²) in [6, 6.07) is 3.47. The van der Waals surface area contributed by atoms with E-state index in [1.165, 1.54) is 12.1 Å². The van der Waals surface area contributed by atoms with Crippen molar-refractivity contribution < 1.29 is 11.1 Å². The number of hydrogen-bond donors (Lipinski definition) is 2. The maximum absolute atomic E-state index is 11.0. The number of amides is 1. The minimum Gasteiger partial charge on any atom is -0.398 e. The van der Waals surface area contributed by atoms with Crippen LogP contribution < -0.4 is 11.5 Å². The average Bonchev–Trinajstić information content (AvgIpc) is 2.17. The van der Waals surface area contributed by atoms with Crippen molar-refractivity contribution in [1.29, 1.82) is 0 Å². The summed E-state index contributed by atoms with van der Waals surface area (Å²) in [4.78, 5) is 20.7. The number of hydrogen-bond acceptors (Lipinski definition) is 4. The van der Waals surface area contributed by atoms with Gasteiger partial charge in [-0.05, 0) is 6.07 Å². The molecule has 4 N–H and O–H groups in total. The molecule has 1 amide bonds. The van der Waals surface area contributed by atoms with Gasteiger partial charge in [0.05, 0.1) is 10.5 Å². The molecule has 0 atom stereocenters. The lowest BCUT2D eigenvalue weighted by atomic mass is 10.1. The molecule has 0 aromatic heterocycles. The number of carbonyl (C=O) groups is 1. The molecule has 0 saturated carbocycles. The Morgan fingerprint density at radius 2 is 2.31 bits per heavy atom. The Hall–Kier alpha value is -2.11. The number of nitrogens with zero attached hydrogens (tertiary/aromatic N) is 1. The fraction of sp³-hybridized carbons (Fsp3) is 0. The maximum atomic E-state index is 11.0. The van der Waals surface area contributed by atoms with Gasteiger partial charge >= 0.3 is 0 Å². The molecule has 0 unspecified atom stereocenters. The lowest BCUT2D eigenvalue weighted by Gasteiger charge is -1.99. The summed E-state index contributed by atoms with van der Waals surface area (Å²) in [7, 11) is 0. The Balaban J connectivity index is 3.21. The summed E-state index contributed by atoms with van der Waals surface area (Å²) in [6.45, 7) is 0. The molecule has 13 heavy (non-hydrogen) atoms. The molecule has 1 aromatic rings. The minimum atomic E-state index is -0.772. The number of benzene rings is 1. The zero-order valence-electron chi connectivity index (χ0n) is 7.48. The molecule has 0 aliphatic carbocycles. The van der Waals surface area contributed by atoms with E-state index < -0.39 is 10.8 Å². The van der Waals surface area contributed by atoms with Crippen molar-refractivity contribution in [3.05, 3.63) is 33.9 Å². The standard InChI is InChI=1S/C7H7N3O3/c8-6-2-1-4(10(12)13)3-5(6)7(9)11/h1-3H,8H2,(H2,9,11)/i/hD. The largest absolute Gasteiger partial charge is 0.398 e. The van der Waals surface area contributed by atoms with Crippen LogP contribution in [0.3, 0.4) is 0 Å². The van der Waals surface area contributed by atoms with Gasteiger partial charge in [-0.2, -0.15) is 0 Å². The fourth-order valence-corrected chi connectivity index (χ4v) is 0.854. The first-order chi connectivity index (χ1) is 6.56. The molecule has 0 aliphatic rings. The molecule has 0 saturated heterocycles. The summed E-state index contributed by atoms with van der Waals surface area (Å²) in [5.41, 5.74) is 6.78. The Labute approximate surface area is 74.8 Å². The van der Waals surface area contributed by atoms with Gasteiger partial charge in [0.15, 0.2) is 1.41 Å². The highest BCUT2D eigenvalue weighted by molar-refractivity contribution is 5.98. The third-order valence-electron chi connectivity index (χ3n) is 1.49. The van der Waals surface area contributed by atoms with E-state index in [1.807, 2.05) is 0 Å². The molecule has 0 radical (unpaired) electrons. The van der Waals surface area contributed by atoms with Crippen LogP contribution in [0.5, 0.6) is 0 Å². The first kappa shape index (κ1) is 7.53. The van der Waals surface area contributed by atoms with E-state index in [9.17, 15) is 14.9 Å². The van der Waals surface area contributed by atoms with E-state index in [0.29, 0.717) is 0 Å². The van der Waals surface area contributed by atoms with Crippen LogP contribution >= 0.6 is 0 Å². The molecule has 68 valence electrons. The molecule has 0 fully saturated rings. The summed E-state index contributed by atoms with van der Waals surface area (Å²) in [5, 5.41) is 10.4. The van der Waals surface area contributed by atoms with Crippen molar-refractivity contribution in [2.75, 3.05) is 5.73 Å². The highest BCUT2D eigenvalue weighted by atomic mass is 16.6. The van der Waals surface area contributed by atoms with Gasteiger partial charge in [-0.1, -0.05) is 0 Å². The van der Waals surface area contributed by atoms with Gasteiger partial charge in [0, 0.05) is 17.8 Å². The number of carbonyl (C=O) groups excluding carboxylic acids is 1. The average molecular weight is 182 g/mol. The number of nitrogens with two attached hydrogens (primary N) is 2. The second kappa shape index (κ2) is 3.10. The van der Waals surface area contributed by atoms with Crippen LogP contribution in [0, 0.1) is 10.1 Å². The lowest BCUT2D eigenvalue weighted by Crippen LogP contribution is -2.13. The number of non-ortho nitro benzene ring substituents is 1. The molecule has 1 aromatic carbocycles. The van der Waals surface area contributed by atoms with Gasteiger partial charge in [0.2, 0.25) is 0 Å². The number of nitro groups is 1. The molecule has 0 spiro atoms. The topological polar surface area (TPSA) is 112 Å². The predicted molar refractivity (Wildman–Crippen MR) is 46.0 cm³/mol. The van der Waals surface area contributed by atoms with Crippen LogP contribution in [0.25, 0.3) is 0 Å². The van der Waals surface area contributed by atoms with E-state index in [4.69, 9.17) is 7.15 Å². The Morgan fingerprint density at radius 3 is 2.85 bits per heavy atom. The monoisotopic (exact) mass is 182 g/mol. The van der Waals surface area contributed by atoms with Crippen molar-refractivity contribution in [2.45, 2.75) is 0 Å². The number of primary amides is 1. The minimum absolute atomic E-state index is 0.0748. The second-order valence-electron chi connectivity index (χ2n) is 2.36. The van der Waals surface area contributed by atoms with Crippen molar-refractivity contribution in [3.63, 3.8) is 0 Å². The SMILES string of the molecule is [2H]NC(=O)c1cc([N+](=O)[O-])ccc1N. The van der Waals surface area contributed by atoms with E-state index >= 15 is 0 Å². The van der Waals surface area contributed by atoms with Gasteiger partial charge in [-0.3, -0.25) is 14.9 Å². The van der Waals surface area contributed by atoms with Crippen LogP contribution in [0.1, 0.15) is 10.4 Å². The first-order valence-corrected chi connectivity index (χ1v) is 3.32. The van der Waals surface area contributed by atoms with Crippen LogP contribution in [0.4, 0.5) is 11.4 Å². The van der Waals surface area contributed by atoms with Crippen LogP contribution in [-0.4, -0.2) is 10.8 Å². The van der Waals surface area contributed by atoms with Gasteiger partial charge in [0.1, 0.15) is 0 Å². The lowest BCUT2D eigenvalue weighted by molar-refractivity contribution is -0.384. The van der Waals surface area contributed by atoms with Gasteiger partial charge < -0.3 is 11.5 Å². The molecular formula is C7H7N3O3. The van der Waals surface area contributed by atoms with Crippen molar-refractivity contribution in [1.82, 2.24) is 0 Å². The zero-order valence-corrected chi connectivity index (χ0v) is 6.48. The maximum Gasteiger partial charge on any atom is 0.270 e. The van der Waals surface area contributed by atoms with E-state index in [-0.39, 0.29) is 16.9 Å². The molecule has 6 heteroatoms. The van der Waals surface area contributed by atoms with Gasteiger partial charge in [-0.25, -0.2) is 0 Å². The fourth-order valence-electron chi connectivity index (χ4n) is 0.854. The number of nitrogen functional groups attached to an aromatic ring is 1.